The summed E-state index contributed by atoms with van der Waals surface area (Å²) in [5, 5.41) is 10.8. The summed E-state index contributed by atoms with van der Waals surface area (Å²) in [6, 6.07) is 0. The predicted molar refractivity (Wildman–Crippen MR) is 118 cm³/mol. The lowest BCUT2D eigenvalue weighted by Gasteiger charge is -2.23. The van der Waals surface area contributed by atoms with Crippen LogP contribution in [0.15, 0.2) is 0 Å². The first-order chi connectivity index (χ1) is 12.5. The molecule has 0 saturated heterocycles. The SMILES string of the molecule is CCCCc1c(Cl)c(CCCC)c(C(=O)O)c(CCCC)c1CCCC.N. The van der Waals surface area contributed by atoms with Crippen LogP contribution in [0.25, 0.3) is 0 Å². The molecule has 0 heterocycles. The molecule has 0 spiro atoms. The van der Waals surface area contributed by atoms with Gasteiger partial charge in [-0.3, -0.25) is 0 Å². The van der Waals surface area contributed by atoms with Crippen LogP contribution in [0.1, 0.15) is 112 Å². The number of carbonyl (C=O) groups is 1. The van der Waals surface area contributed by atoms with Crippen LogP contribution in [0.2, 0.25) is 5.02 Å². The number of carboxylic acid groups (broad SMARTS) is 1. The molecule has 1 aromatic carbocycles. The summed E-state index contributed by atoms with van der Waals surface area (Å²) < 4.78 is 0. The molecule has 0 bridgehead atoms. The van der Waals surface area contributed by atoms with Gasteiger partial charge in [0.15, 0.2) is 0 Å². The van der Waals surface area contributed by atoms with Crippen molar-refractivity contribution in [3.8, 4) is 0 Å². The van der Waals surface area contributed by atoms with E-state index in [-0.39, 0.29) is 6.15 Å². The van der Waals surface area contributed by atoms with Gasteiger partial charge in [-0.15, -0.1) is 0 Å². The van der Waals surface area contributed by atoms with E-state index in [0.29, 0.717) is 5.56 Å². The molecule has 0 aliphatic carbocycles. The lowest BCUT2D eigenvalue weighted by Crippen LogP contribution is -2.15. The van der Waals surface area contributed by atoms with Crippen LogP contribution in [-0.2, 0) is 25.7 Å². The maximum Gasteiger partial charge on any atom is 0.336 e. The zero-order chi connectivity index (χ0) is 19.5. The molecular weight excluding hydrogens is 358 g/mol. The van der Waals surface area contributed by atoms with Gasteiger partial charge in [0.1, 0.15) is 0 Å². The smallest absolute Gasteiger partial charge is 0.336 e. The van der Waals surface area contributed by atoms with Crippen molar-refractivity contribution in [2.24, 2.45) is 0 Å². The minimum Gasteiger partial charge on any atom is -0.478 e. The first-order valence-electron chi connectivity index (χ1n) is 10.6. The summed E-state index contributed by atoms with van der Waals surface area (Å²) in [6.45, 7) is 8.69. The van der Waals surface area contributed by atoms with E-state index in [9.17, 15) is 9.90 Å². The van der Waals surface area contributed by atoms with Gasteiger partial charge < -0.3 is 11.3 Å². The van der Waals surface area contributed by atoms with E-state index in [1.54, 1.807) is 0 Å². The summed E-state index contributed by atoms with van der Waals surface area (Å²) in [5.74, 6) is -0.802. The molecular formula is C23H40ClNO2. The van der Waals surface area contributed by atoms with Gasteiger partial charge in [0.2, 0.25) is 0 Å². The van der Waals surface area contributed by atoms with Crippen molar-refractivity contribution in [3.05, 3.63) is 32.8 Å². The average Bonchev–Trinajstić information content (AvgIpc) is 2.62. The second kappa shape index (κ2) is 14.0. The summed E-state index contributed by atoms with van der Waals surface area (Å²) in [5.41, 5.74) is 4.97. The highest BCUT2D eigenvalue weighted by atomic mass is 35.5. The number of halogens is 1. The standard InChI is InChI=1S/C23H37ClO2.H3N/c1-5-9-13-17-18(14-10-6-2)21(23(25)26)20(16-12-8-4)22(24)19(17)15-11-7-3;/h5-16H2,1-4H3,(H,25,26);1H3. The number of unbranched alkanes of at least 4 members (excludes halogenated alkanes) is 4. The van der Waals surface area contributed by atoms with Gasteiger partial charge in [0.05, 0.1) is 5.56 Å². The molecule has 3 nitrogen and oxygen atoms in total. The van der Waals surface area contributed by atoms with Crippen LogP contribution >= 0.6 is 11.6 Å². The topological polar surface area (TPSA) is 72.3 Å². The fraction of sp³-hybridized carbons (Fsp3) is 0.696. The monoisotopic (exact) mass is 397 g/mol. The molecule has 0 saturated carbocycles. The van der Waals surface area contributed by atoms with Crippen molar-refractivity contribution in [3.63, 3.8) is 0 Å². The normalized spacial score (nSPS) is 10.7. The molecule has 1 aromatic rings. The fourth-order valence-electron chi connectivity index (χ4n) is 3.68. The van der Waals surface area contributed by atoms with E-state index in [1.807, 2.05) is 0 Å². The number of benzene rings is 1. The van der Waals surface area contributed by atoms with E-state index in [4.69, 9.17) is 11.6 Å². The third-order valence-corrected chi connectivity index (χ3v) is 5.65. The van der Waals surface area contributed by atoms with Gasteiger partial charge in [-0.1, -0.05) is 65.0 Å². The van der Waals surface area contributed by atoms with Crippen LogP contribution in [-0.4, -0.2) is 11.1 Å². The first kappa shape index (κ1) is 25.9. The molecule has 0 unspecified atom stereocenters. The number of carboxylic acids is 1. The fourth-order valence-corrected chi connectivity index (χ4v) is 4.08. The van der Waals surface area contributed by atoms with Crippen LogP contribution in [0, 0.1) is 0 Å². The Kier molecular flexibility index (Phi) is 13.5. The summed E-state index contributed by atoms with van der Waals surface area (Å²) in [7, 11) is 0. The number of rotatable bonds is 13. The highest BCUT2D eigenvalue weighted by Gasteiger charge is 2.25. The third-order valence-electron chi connectivity index (χ3n) is 5.20. The Balaban J connectivity index is 0.00000676. The first-order valence-corrected chi connectivity index (χ1v) is 11.0. The van der Waals surface area contributed by atoms with Crippen molar-refractivity contribution < 1.29 is 9.90 Å². The van der Waals surface area contributed by atoms with Crippen LogP contribution in [0.4, 0.5) is 0 Å². The van der Waals surface area contributed by atoms with Gasteiger partial charge in [-0.25, -0.2) is 4.79 Å². The van der Waals surface area contributed by atoms with Gasteiger partial charge in [-0.05, 0) is 73.6 Å². The minimum atomic E-state index is -0.802. The molecule has 0 amide bonds. The second-order valence-corrected chi connectivity index (χ2v) is 7.70. The number of hydrogen-bond donors (Lipinski definition) is 2. The molecule has 0 fully saturated rings. The van der Waals surface area contributed by atoms with Gasteiger partial charge in [0.25, 0.3) is 0 Å². The Bertz CT molecular complexity index is 584. The predicted octanol–water partition coefficient (Wildman–Crippen LogP) is 7.57. The highest BCUT2D eigenvalue weighted by molar-refractivity contribution is 6.32. The highest BCUT2D eigenvalue weighted by Crippen LogP contribution is 2.36. The summed E-state index contributed by atoms with van der Waals surface area (Å²) in [6.07, 6.45) is 12.1. The third kappa shape index (κ3) is 7.12. The Morgan fingerprint density at radius 2 is 1.07 bits per heavy atom. The summed E-state index contributed by atoms with van der Waals surface area (Å²) in [4.78, 5) is 12.2. The van der Waals surface area contributed by atoms with Crippen molar-refractivity contribution in [1.82, 2.24) is 6.15 Å². The number of hydrogen-bond acceptors (Lipinski definition) is 2. The molecule has 27 heavy (non-hydrogen) atoms. The van der Waals surface area contributed by atoms with Gasteiger partial charge >= 0.3 is 5.97 Å². The maximum absolute atomic E-state index is 12.2. The molecule has 0 atom stereocenters. The molecule has 4 heteroatoms. The lowest BCUT2D eigenvalue weighted by molar-refractivity contribution is 0.0694. The summed E-state index contributed by atoms with van der Waals surface area (Å²) >= 11 is 6.86. The lowest BCUT2D eigenvalue weighted by atomic mass is 9.83. The van der Waals surface area contributed by atoms with Crippen LogP contribution in [0.3, 0.4) is 0 Å². The minimum absolute atomic E-state index is 0. The van der Waals surface area contributed by atoms with Crippen LogP contribution in [0.5, 0.6) is 0 Å². The zero-order valence-electron chi connectivity index (χ0n) is 17.9. The Morgan fingerprint density at radius 1 is 0.704 bits per heavy atom. The van der Waals surface area contributed by atoms with Gasteiger partial charge in [-0.2, -0.15) is 0 Å². The molecule has 0 aliphatic heterocycles. The van der Waals surface area contributed by atoms with E-state index in [0.717, 1.165) is 93.2 Å². The van der Waals surface area contributed by atoms with E-state index in [2.05, 4.69) is 27.7 Å². The van der Waals surface area contributed by atoms with Gasteiger partial charge in [0, 0.05) is 5.02 Å². The Morgan fingerprint density at radius 3 is 1.48 bits per heavy atom. The van der Waals surface area contributed by atoms with Crippen molar-refractivity contribution in [2.45, 2.75) is 105 Å². The Hall–Kier alpha value is -1.06. The zero-order valence-corrected chi connectivity index (χ0v) is 18.7. The second-order valence-electron chi connectivity index (χ2n) is 7.32. The van der Waals surface area contributed by atoms with Crippen LogP contribution < -0.4 is 6.15 Å². The van der Waals surface area contributed by atoms with E-state index >= 15 is 0 Å². The molecule has 0 aromatic heterocycles. The van der Waals surface area contributed by atoms with E-state index in [1.165, 1.54) is 11.1 Å². The van der Waals surface area contributed by atoms with Crippen molar-refractivity contribution in [2.75, 3.05) is 0 Å². The Labute approximate surface area is 171 Å². The quantitative estimate of drug-likeness (QED) is 0.360. The molecule has 1 rings (SSSR count). The van der Waals surface area contributed by atoms with Crippen molar-refractivity contribution >= 4 is 17.6 Å². The molecule has 0 aliphatic rings. The largest absolute Gasteiger partial charge is 0.478 e. The van der Waals surface area contributed by atoms with E-state index < -0.39 is 5.97 Å². The molecule has 156 valence electrons. The number of aromatic carboxylic acids is 1. The molecule has 0 radical (unpaired) electrons. The average molecular weight is 398 g/mol. The van der Waals surface area contributed by atoms with Crippen molar-refractivity contribution in [1.29, 1.82) is 0 Å². The molecule has 4 N–H and O–H groups in total. The maximum atomic E-state index is 12.2.